The molecule has 2 rings (SSSR count). The number of amides is 1. The summed E-state index contributed by atoms with van der Waals surface area (Å²) in [5.74, 6) is 0.317. The Labute approximate surface area is 90.5 Å². The Morgan fingerprint density at radius 2 is 1.93 bits per heavy atom. The highest BCUT2D eigenvalue weighted by molar-refractivity contribution is 5.77. The number of hydrogen-bond donors (Lipinski definition) is 1. The smallest absolute Gasteiger partial charge is 0.220 e. The highest BCUT2D eigenvalue weighted by atomic mass is 16.1. The van der Waals surface area contributed by atoms with Gasteiger partial charge in [-0.1, -0.05) is 31.2 Å². The van der Waals surface area contributed by atoms with E-state index in [1.165, 1.54) is 11.1 Å². The van der Waals surface area contributed by atoms with E-state index in [1.807, 2.05) is 6.92 Å². The molecule has 1 unspecified atom stereocenters. The molecule has 0 heterocycles. The lowest BCUT2D eigenvalue weighted by molar-refractivity contribution is -0.123. The molecule has 0 fully saturated rings. The molecule has 80 valence electrons. The van der Waals surface area contributed by atoms with Crippen molar-refractivity contribution < 1.29 is 4.79 Å². The lowest BCUT2D eigenvalue weighted by atomic mass is 9.87. The average molecular weight is 203 g/mol. The zero-order chi connectivity index (χ0) is 10.8. The second-order valence-corrected chi connectivity index (χ2v) is 4.35. The predicted molar refractivity (Wildman–Crippen MR) is 60.3 cm³/mol. The summed E-state index contributed by atoms with van der Waals surface area (Å²) in [6, 6.07) is 8.44. The van der Waals surface area contributed by atoms with Gasteiger partial charge in [0.2, 0.25) is 5.91 Å². The van der Waals surface area contributed by atoms with Crippen molar-refractivity contribution in [3.05, 3.63) is 35.4 Å². The van der Waals surface area contributed by atoms with Crippen molar-refractivity contribution in [1.29, 1.82) is 0 Å². The van der Waals surface area contributed by atoms with Crippen molar-refractivity contribution >= 4 is 5.91 Å². The first-order chi connectivity index (χ1) is 7.22. The van der Waals surface area contributed by atoms with Crippen molar-refractivity contribution in [2.45, 2.75) is 26.2 Å². The van der Waals surface area contributed by atoms with E-state index >= 15 is 0 Å². The number of carbonyl (C=O) groups excluding carboxylic acids is 1. The molecule has 0 spiro atoms. The Hall–Kier alpha value is -1.31. The first-order valence-corrected chi connectivity index (χ1v) is 5.58. The van der Waals surface area contributed by atoms with Gasteiger partial charge in [-0.15, -0.1) is 0 Å². The summed E-state index contributed by atoms with van der Waals surface area (Å²) in [6.45, 7) is 2.04. The minimum absolute atomic E-state index is 0.0393. The van der Waals surface area contributed by atoms with E-state index in [2.05, 4.69) is 24.3 Å². The molecule has 1 amide bonds. The molecule has 0 bridgehead atoms. The molecule has 1 aliphatic rings. The molecule has 0 radical (unpaired) electrons. The standard InChI is InChI=1S/C13H17NO/c1-2-12(13(14)15)11-7-9-5-3-4-6-10(9)8-11/h3-6,11-12H,2,7-8H2,1H3,(H2,14,15). The fourth-order valence-electron chi connectivity index (χ4n) is 2.64. The molecule has 1 aliphatic carbocycles. The third-order valence-electron chi connectivity index (χ3n) is 3.46. The number of rotatable bonds is 3. The van der Waals surface area contributed by atoms with E-state index in [0.717, 1.165) is 19.3 Å². The number of nitrogens with two attached hydrogens (primary N) is 1. The van der Waals surface area contributed by atoms with Gasteiger partial charge in [0, 0.05) is 5.92 Å². The fourth-order valence-corrected chi connectivity index (χ4v) is 2.64. The first-order valence-electron chi connectivity index (χ1n) is 5.58. The maximum Gasteiger partial charge on any atom is 0.220 e. The second-order valence-electron chi connectivity index (χ2n) is 4.35. The van der Waals surface area contributed by atoms with Gasteiger partial charge in [0.25, 0.3) is 0 Å². The molecule has 0 aliphatic heterocycles. The molecule has 2 nitrogen and oxygen atoms in total. The van der Waals surface area contributed by atoms with Gasteiger partial charge < -0.3 is 5.73 Å². The van der Waals surface area contributed by atoms with Crippen LogP contribution in [0, 0.1) is 11.8 Å². The Bertz CT molecular complexity index is 348. The lowest BCUT2D eigenvalue weighted by Gasteiger charge is -2.17. The van der Waals surface area contributed by atoms with Crippen LogP contribution in [0.3, 0.4) is 0 Å². The normalized spacial score (nSPS) is 17.4. The van der Waals surface area contributed by atoms with Crippen molar-refractivity contribution in [2.24, 2.45) is 17.6 Å². The van der Waals surface area contributed by atoms with Gasteiger partial charge in [0.1, 0.15) is 0 Å². The summed E-state index contributed by atoms with van der Waals surface area (Å²) < 4.78 is 0. The third-order valence-corrected chi connectivity index (χ3v) is 3.46. The average Bonchev–Trinajstić information content (AvgIpc) is 2.61. The zero-order valence-corrected chi connectivity index (χ0v) is 9.07. The summed E-state index contributed by atoms with van der Waals surface area (Å²) in [7, 11) is 0. The first kappa shape index (κ1) is 10.2. The van der Waals surface area contributed by atoms with Crippen LogP contribution >= 0.6 is 0 Å². The largest absolute Gasteiger partial charge is 0.369 e. The molecular formula is C13H17NO. The van der Waals surface area contributed by atoms with Crippen LogP contribution in [0.4, 0.5) is 0 Å². The van der Waals surface area contributed by atoms with Crippen LogP contribution in [-0.4, -0.2) is 5.91 Å². The van der Waals surface area contributed by atoms with Crippen LogP contribution in [-0.2, 0) is 17.6 Å². The van der Waals surface area contributed by atoms with Crippen molar-refractivity contribution in [3.8, 4) is 0 Å². The molecule has 15 heavy (non-hydrogen) atoms. The number of carbonyl (C=O) groups is 1. The van der Waals surface area contributed by atoms with Crippen LogP contribution in [0.15, 0.2) is 24.3 Å². The summed E-state index contributed by atoms with van der Waals surface area (Å²) in [6.07, 6.45) is 2.88. The highest BCUT2D eigenvalue weighted by Crippen LogP contribution is 2.32. The van der Waals surface area contributed by atoms with Crippen LogP contribution in [0.2, 0.25) is 0 Å². The van der Waals surface area contributed by atoms with Crippen LogP contribution in [0.5, 0.6) is 0 Å². The van der Waals surface area contributed by atoms with Gasteiger partial charge in [-0.25, -0.2) is 0 Å². The quantitative estimate of drug-likeness (QED) is 0.801. The van der Waals surface area contributed by atoms with E-state index in [0.29, 0.717) is 5.92 Å². The highest BCUT2D eigenvalue weighted by Gasteiger charge is 2.30. The fraction of sp³-hybridized carbons (Fsp3) is 0.462. The number of fused-ring (bicyclic) bond motifs is 1. The van der Waals surface area contributed by atoms with Gasteiger partial charge in [-0.2, -0.15) is 0 Å². The summed E-state index contributed by atoms with van der Waals surface area (Å²) in [5.41, 5.74) is 8.20. The summed E-state index contributed by atoms with van der Waals surface area (Å²) >= 11 is 0. The maximum atomic E-state index is 11.3. The molecule has 2 heteroatoms. The number of benzene rings is 1. The maximum absolute atomic E-state index is 11.3. The lowest BCUT2D eigenvalue weighted by Crippen LogP contribution is -2.29. The van der Waals surface area contributed by atoms with E-state index < -0.39 is 0 Å². The molecule has 1 atom stereocenters. The topological polar surface area (TPSA) is 43.1 Å². The van der Waals surface area contributed by atoms with Crippen LogP contribution in [0.1, 0.15) is 24.5 Å². The van der Waals surface area contributed by atoms with Crippen molar-refractivity contribution in [3.63, 3.8) is 0 Å². The van der Waals surface area contributed by atoms with Gasteiger partial charge in [0.15, 0.2) is 0 Å². The van der Waals surface area contributed by atoms with E-state index in [4.69, 9.17) is 5.73 Å². The van der Waals surface area contributed by atoms with Crippen LogP contribution < -0.4 is 5.73 Å². The van der Waals surface area contributed by atoms with Gasteiger partial charge in [-0.05, 0) is 36.3 Å². The van der Waals surface area contributed by atoms with E-state index in [-0.39, 0.29) is 11.8 Å². The molecular weight excluding hydrogens is 186 g/mol. The SMILES string of the molecule is CCC(C(N)=O)C1Cc2ccccc2C1. The Balaban J connectivity index is 2.15. The van der Waals surface area contributed by atoms with E-state index in [1.54, 1.807) is 0 Å². The van der Waals surface area contributed by atoms with Crippen LogP contribution in [0.25, 0.3) is 0 Å². The van der Waals surface area contributed by atoms with Gasteiger partial charge in [-0.3, -0.25) is 4.79 Å². The second kappa shape index (κ2) is 4.05. The molecule has 2 N–H and O–H groups in total. The molecule has 0 aromatic heterocycles. The Morgan fingerprint density at radius 1 is 1.40 bits per heavy atom. The van der Waals surface area contributed by atoms with E-state index in [9.17, 15) is 4.79 Å². The molecule has 0 saturated heterocycles. The Morgan fingerprint density at radius 3 is 2.33 bits per heavy atom. The zero-order valence-electron chi connectivity index (χ0n) is 9.07. The molecule has 0 saturated carbocycles. The van der Waals surface area contributed by atoms with Gasteiger partial charge >= 0.3 is 0 Å². The summed E-state index contributed by atoms with van der Waals surface area (Å²) in [5, 5.41) is 0. The number of hydrogen-bond acceptors (Lipinski definition) is 1. The molecule has 1 aromatic carbocycles. The minimum Gasteiger partial charge on any atom is -0.369 e. The predicted octanol–water partition coefficient (Wildman–Crippen LogP) is 1.91. The van der Waals surface area contributed by atoms with Gasteiger partial charge in [0.05, 0.1) is 0 Å². The number of primary amides is 1. The molecule has 1 aromatic rings. The van der Waals surface area contributed by atoms with Crippen molar-refractivity contribution in [2.75, 3.05) is 0 Å². The Kier molecular flexibility index (Phi) is 2.76. The summed E-state index contributed by atoms with van der Waals surface area (Å²) in [4.78, 5) is 11.3. The van der Waals surface area contributed by atoms with Crippen molar-refractivity contribution in [1.82, 2.24) is 0 Å². The minimum atomic E-state index is -0.143. The monoisotopic (exact) mass is 203 g/mol. The third kappa shape index (κ3) is 1.89.